The van der Waals surface area contributed by atoms with E-state index in [0.29, 0.717) is 37.4 Å². The van der Waals surface area contributed by atoms with Crippen LogP contribution in [0.25, 0.3) is 0 Å². The number of benzene rings is 1. The van der Waals surface area contributed by atoms with Crippen LogP contribution in [0.2, 0.25) is 0 Å². The summed E-state index contributed by atoms with van der Waals surface area (Å²) in [6.45, 7) is 2.72. The van der Waals surface area contributed by atoms with E-state index < -0.39 is 0 Å². The molecule has 0 aliphatic rings. The molecule has 0 heterocycles. The summed E-state index contributed by atoms with van der Waals surface area (Å²) in [5.41, 5.74) is 0. The van der Waals surface area contributed by atoms with E-state index in [1.54, 1.807) is 31.4 Å². The van der Waals surface area contributed by atoms with Gasteiger partial charge < -0.3 is 14.2 Å². The predicted molar refractivity (Wildman–Crippen MR) is 106 cm³/mol. The van der Waals surface area contributed by atoms with E-state index in [1.165, 1.54) is 32.1 Å². The lowest BCUT2D eigenvalue weighted by atomic mass is 10.1. The number of ether oxygens (including phenoxy) is 3. The van der Waals surface area contributed by atoms with Gasteiger partial charge in [0.15, 0.2) is 0 Å². The summed E-state index contributed by atoms with van der Waals surface area (Å²) < 4.78 is 15.5. The smallest absolute Gasteiger partial charge is 0.311 e. The maximum atomic E-state index is 11.8. The van der Waals surface area contributed by atoms with Crippen molar-refractivity contribution >= 4 is 11.9 Å². The average molecular weight is 379 g/mol. The predicted octanol–water partition coefficient (Wildman–Crippen LogP) is 5.45. The number of rotatable bonds is 15. The first-order chi connectivity index (χ1) is 13.2. The fourth-order valence-electron chi connectivity index (χ4n) is 2.68. The van der Waals surface area contributed by atoms with E-state index in [0.717, 1.165) is 12.8 Å². The lowest BCUT2D eigenvalue weighted by Gasteiger charge is -2.06. The fourth-order valence-corrected chi connectivity index (χ4v) is 2.68. The Bertz CT molecular complexity index is 524. The van der Waals surface area contributed by atoms with Crippen LogP contribution < -0.4 is 9.47 Å². The second kappa shape index (κ2) is 15.1. The van der Waals surface area contributed by atoms with Gasteiger partial charge in [-0.3, -0.25) is 9.59 Å². The molecule has 0 fully saturated rings. The summed E-state index contributed by atoms with van der Waals surface area (Å²) in [5, 5.41) is 0. The molecule has 0 saturated carbocycles. The first-order valence-electron chi connectivity index (χ1n) is 10.2. The quantitative estimate of drug-likeness (QED) is 0.230. The van der Waals surface area contributed by atoms with E-state index >= 15 is 0 Å². The maximum absolute atomic E-state index is 11.8. The van der Waals surface area contributed by atoms with Crippen LogP contribution in [0.5, 0.6) is 11.5 Å². The van der Waals surface area contributed by atoms with Crippen LogP contribution in [-0.4, -0.2) is 25.7 Å². The molecule has 0 aromatic heterocycles. The molecule has 0 saturated heterocycles. The van der Waals surface area contributed by atoms with E-state index in [1.807, 2.05) is 0 Å². The second-order valence-electron chi connectivity index (χ2n) is 6.70. The molecular weight excluding hydrogens is 344 g/mol. The molecule has 0 N–H and O–H groups in total. The molecule has 27 heavy (non-hydrogen) atoms. The summed E-state index contributed by atoms with van der Waals surface area (Å²) in [6, 6.07) is 6.86. The van der Waals surface area contributed by atoms with Crippen LogP contribution in [0.3, 0.4) is 0 Å². The number of unbranched alkanes of at least 4 members (excludes halogenated alkanes) is 7. The molecule has 1 aromatic carbocycles. The maximum Gasteiger partial charge on any atom is 0.311 e. The molecule has 0 bridgehead atoms. The molecule has 0 aliphatic heterocycles. The van der Waals surface area contributed by atoms with Gasteiger partial charge in [0.25, 0.3) is 0 Å². The molecule has 0 spiro atoms. The number of hydrogen-bond acceptors (Lipinski definition) is 5. The summed E-state index contributed by atoms with van der Waals surface area (Å²) in [6.07, 6.45) is 10.3. The molecule has 0 unspecified atom stereocenters. The largest absolute Gasteiger partial charge is 0.497 e. The van der Waals surface area contributed by atoms with Crippen molar-refractivity contribution in [2.45, 2.75) is 77.6 Å². The molecule has 0 aliphatic carbocycles. The van der Waals surface area contributed by atoms with Gasteiger partial charge in [-0.25, -0.2) is 0 Å². The van der Waals surface area contributed by atoms with Crippen molar-refractivity contribution in [3.05, 3.63) is 24.3 Å². The van der Waals surface area contributed by atoms with Crippen LogP contribution >= 0.6 is 0 Å². The molecule has 0 atom stereocenters. The molecule has 0 amide bonds. The van der Waals surface area contributed by atoms with E-state index in [9.17, 15) is 9.59 Å². The Labute approximate surface area is 163 Å². The molecular formula is C22H34O5. The van der Waals surface area contributed by atoms with Crippen molar-refractivity contribution in [1.82, 2.24) is 0 Å². The van der Waals surface area contributed by atoms with Crippen molar-refractivity contribution in [2.24, 2.45) is 0 Å². The zero-order valence-corrected chi connectivity index (χ0v) is 16.8. The summed E-state index contributed by atoms with van der Waals surface area (Å²) in [4.78, 5) is 23.4. The van der Waals surface area contributed by atoms with Crippen molar-refractivity contribution in [3.8, 4) is 11.5 Å². The SMILES string of the molecule is CCCCCCCCCOC(=O)CCCCC(=O)Oc1ccc(OC)cc1. The Morgan fingerprint density at radius 3 is 1.93 bits per heavy atom. The average Bonchev–Trinajstić information content (AvgIpc) is 2.68. The van der Waals surface area contributed by atoms with Gasteiger partial charge in [0.2, 0.25) is 0 Å². The van der Waals surface area contributed by atoms with Crippen molar-refractivity contribution in [2.75, 3.05) is 13.7 Å². The van der Waals surface area contributed by atoms with Crippen LogP contribution in [0.1, 0.15) is 77.6 Å². The van der Waals surface area contributed by atoms with Crippen molar-refractivity contribution in [3.63, 3.8) is 0 Å². The highest BCUT2D eigenvalue weighted by atomic mass is 16.5. The van der Waals surface area contributed by atoms with Gasteiger partial charge in [0.1, 0.15) is 11.5 Å². The van der Waals surface area contributed by atoms with E-state index in [4.69, 9.17) is 14.2 Å². The van der Waals surface area contributed by atoms with Gasteiger partial charge in [-0.2, -0.15) is 0 Å². The number of esters is 2. The third kappa shape index (κ3) is 12.1. The number of hydrogen-bond donors (Lipinski definition) is 0. The van der Waals surface area contributed by atoms with Crippen LogP contribution in [0, 0.1) is 0 Å². The van der Waals surface area contributed by atoms with Gasteiger partial charge in [0.05, 0.1) is 13.7 Å². The summed E-state index contributed by atoms with van der Waals surface area (Å²) in [5.74, 6) is 0.737. The van der Waals surface area contributed by atoms with Gasteiger partial charge in [-0.15, -0.1) is 0 Å². The minimum absolute atomic E-state index is 0.176. The molecule has 1 aromatic rings. The van der Waals surface area contributed by atoms with Gasteiger partial charge in [-0.1, -0.05) is 45.4 Å². The normalized spacial score (nSPS) is 10.4. The zero-order valence-electron chi connectivity index (χ0n) is 16.8. The van der Waals surface area contributed by atoms with Crippen LogP contribution in [0.4, 0.5) is 0 Å². The standard InChI is InChI=1S/C22H34O5/c1-3-4-5-6-7-8-11-18-26-21(23)12-9-10-13-22(24)27-20-16-14-19(25-2)15-17-20/h14-17H,3-13,18H2,1-2H3. The molecule has 152 valence electrons. The first kappa shape index (κ1) is 23.0. The highest BCUT2D eigenvalue weighted by molar-refractivity contribution is 5.72. The monoisotopic (exact) mass is 378 g/mol. The Hall–Kier alpha value is -2.04. The Balaban J connectivity index is 1.98. The number of carbonyl (C=O) groups excluding carboxylic acids is 2. The third-order valence-electron chi connectivity index (χ3n) is 4.31. The zero-order chi connectivity index (χ0) is 19.7. The lowest BCUT2D eigenvalue weighted by molar-refractivity contribution is -0.144. The fraction of sp³-hybridized carbons (Fsp3) is 0.636. The highest BCUT2D eigenvalue weighted by Gasteiger charge is 2.07. The van der Waals surface area contributed by atoms with Gasteiger partial charge in [-0.05, 0) is 43.5 Å². The second-order valence-corrected chi connectivity index (χ2v) is 6.70. The molecule has 0 radical (unpaired) electrons. The van der Waals surface area contributed by atoms with Crippen LogP contribution in [-0.2, 0) is 14.3 Å². The number of carbonyl (C=O) groups is 2. The third-order valence-corrected chi connectivity index (χ3v) is 4.31. The highest BCUT2D eigenvalue weighted by Crippen LogP contribution is 2.17. The lowest BCUT2D eigenvalue weighted by Crippen LogP contribution is -2.09. The topological polar surface area (TPSA) is 61.8 Å². The first-order valence-corrected chi connectivity index (χ1v) is 10.2. The summed E-state index contributed by atoms with van der Waals surface area (Å²) >= 11 is 0. The van der Waals surface area contributed by atoms with Crippen molar-refractivity contribution < 1.29 is 23.8 Å². The molecule has 1 rings (SSSR count). The minimum Gasteiger partial charge on any atom is -0.497 e. The number of methoxy groups -OCH3 is 1. The van der Waals surface area contributed by atoms with E-state index in [2.05, 4.69) is 6.92 Å². The Morgan fingerprint density at radius 1 is 0.741 bits per heavy atom. The minimum atomic E-state index is -0.295. The molecule has 5 nitrogen and oxygen atoms in total. The van der Waals surface area contributed by atoms with E-state index in [-0.39, 0.29) is 18.4 Å². The van der Waals surface area contributed by atoms with Crippen molar-refractivity contribution in [1.29, 1.82) is 0 Å². The molecule has 5 heteroatoms. The van der Waals surface area contributed by atoms with Gasteiger partial charge in [0, 0.05) is 12.8 Å². The Morgan fingerprint density at radius 2 is 1.30 bits per heavy atom. The van der Waals surface area contributed by atoms with Gasteiger partial charge >= 0.3 is 11.9 Å². The Kier molecular flexibility index (Phi) is 12.8. The van der Waals surface area contributed by atoms with Crippen LogP contribution in [0.15, 0.2) is 24.3 Å². The summed E-state index contributed by atoms with van der Waals surface area (Å²) in [7, 11) is 1.58.